The lowest BCUT2D eigenvalue weighted by Gasteiger charge is -2.21. The predicted octanol–water partition coefficient (Wildman–Crippen LogP) is 4.96. The van der Waals surface area contributed by atoms with E-state index in [9.17, 15) is 23.1 Å². The summed E-state index contributed by atoms with van der Waals surface area (Å²) in [6.07, 6.45) is -1.74. The molecule has 1 unspecified atom stereocenters. The summed E-state index contributed by atoms with van der Waals surface area (Å²) in [6, 6.07) is 6.30. The van der Waals surface area contributed by atoms with Gasteiger partial charge in [0, 0.05) is 37.2 Å². The molecule has 1 N–H and O–H groups in total. The molecule has 1 saturated carbocycles. The Kier molecular flexibility index (Phi) is 6.79. The smallest absolute Gasteiger partial charge is 0.416 e. The van der Waals surface area contributed by atoms with Gasteiger partial charge in [0.25, 0.3) is 0 Å². The van der Waals surface area contributed by atoms with Crippen molar-refractivity contribution < 1.29 is 32.5 Å². The van der Waals surface area contributed by atoms with Gasteiger partial charge < -0.3 is 14.6 Å². The van der Waals surface area contributed by atoms with E-state index in [0.29, 0.717) is 30.1 Å². The quantitative estimate of drug-likeness (QED) is 0.331. The molecule has 8 nitrogen and oxygen atoms in total. The Balaban J connectivity index is 1.58. The van der Waals surface area contributed by atoms with Gasteiger partial charge in [-0.2, -0.15) is 13.2 Å². The van der Waals surface area contributed by atoms with Gasteiger partial charge in [-0.1, -0.05) is 17.7 Å². The topological polar surface area (TPSA) is 98.8 Å². The highest BCUT2D eigenvalue weighted by Gasteiger charge is 2.53. The molecule has 5 rings (SSSR count). The number of benzene rings is 1. The van der Waals surface area contributed by atoms with Crippen molar-refractivity contribution in [2.75, 3.05) is 7.11 Å². The average Bonchev–Trinajstić information content (AvgIpc) is 3.59. The second kappa shape index (κ2) is 9.79. The molecule has 1 aliphatic heterocycles. The number of aromatic nitrogens is 3. The Labute approximate surface area is 221 Å². The number of aliphatic hydroxyl groups excluding tert-OH is 1. The van der Waals surface area contributed by atoms with E-state index in [4.69, 9.17) is 26.1 Å². The number of halogens is 4. The molecule has 200 valence electrons. The van der Waals surface area contributed by atoms with Crippen LogP contribution in [0.25, 0.3) is 5.69 Å². The van der Waals surface area contributed by atoms with Crippen molar-refractivity contribution in [1.29, 1.82) is 0 Å². The first kappa shape index (κ1) is 26.3. The van der Waals surface area contributed by atoms with E-state index >= 15 is 0 Å². The molecule has 0 spiro atoms. The first-order valence-electron chi connectivity index (χ1n) is 11.9. The number of esters is 1. The molecule has 0 amide bonds. The number of hydrogen-bond acceptors (Lipinski definition) is 7. The summed E-state index contributed by atoms with van der Waals surface area (Å²) in [5.41, 5.74) is -0.237. The first-order valence-corrected chi connectivity index (χ1v) is 12.3. The van der Waals surface area contributed by atoms with E-state index in [1.807, 2.05) is 0 Å². The van der Waals surface area contributed by atoms with Gasteiger partial charge in [0.05, 0.1) is 27.7 Å². The van der Waals surface area contributed by atoms with Gasteiger partial charge in [0.2, 0.25) is 0 Å². The minimum atomic E-state index is -4.63. The Bertz CT molecular complexity index is 1400. The first-order chi connectivity index (χ1) is 18.0. The molecule has 0 saturated heterocycles. The molecule has 1 aliphatic carbocycles. The largest absolute Gasteiger partial charge is 0.454 e. The van der Waals surface area contributed by atoms with Crippen LogP contribution in [-0.4, -0.2) is 50.3 Å². The Hall–Kier alpha value is -3.28. The molecule has 1 aromatic carbocycles. The minimum Gasteiger partial charge on any atom is -0.454 e. The summed E-state index contributed by atoms with van der Waals surface area (Å²) in [6.45, 7) is 1.72. The number of carbonyl (C=O) groups excluding carboxylic acids is 1. The van der Waals surface area contributed by atoms with Crippen molar-refractivity contribution in [3.05, 3.63) is 76.1 Å². The predicted molar refractivity (Wildman–Crippen MR) is 131 cm³/mol. The molecule has 38 heavy (non-hydrogen) atoms. The number of aliphatic imine (C=N–C) groups is 1. The zero-order valence-corrected chi connectivity index (χ0v) is 21.3. The standard InChI is InChI=1S/C26H24ClF3N4O4/c1-14-13-32-23-18(6-7-20(35)38-25(8-9-25)24(36)37-2)33-22(17-5-3-4-10-31-17)21-16(27)11-15(26(28,29)30)12-19(21)34(14)23/h3-5,10-13,18,24,36H,6-9H2,1-2H3/t18-,24?/m0/s1. The number of methoxy groups -OCH3 is 1. The summed E-state index contributed by atoms with van der Waals surface area (Å²) < 4.78 is 53.3. The number of aryl methyl sites for hydroxylation is 1. The minimum absolute atomic E-state index is 0.0777. The van der Waals surface area contributed by atoms with Crippen molar-refractivity contribution >= 4 is 23.3 Å². The number of nitrogens with zero attached hydrogens (tertiary/aromatic N) is 4. The number of carbonyl (C=O) groups is 1. The molecule has 3 heterocycles. The fourth-order valence-electron chi connectivity index (χ4n) is 4.61. The van der Waals surface area contributed by atoms with Gasteiger partial charge in [-0.05, 0) is 50.5 Å². The normalized spacial score (nSPS) is 18.6. The third-order valence-electron chi connectivity index (χ3n) is 6.69. The zero-order valence-electron chi connectivity index (χ0n) is 20.5. The molecular weight excluding hydrogens is 525 g/mol. The van der Waals surface area contributed by atoms with Crippen molar-refractivity contribution in [3.63, 3.8) is 0 Å². The van der Waals surface area contributed by atoms with Crippen molar-refractivity contribution in [1.82, 2.24) is 14.5 Å². The van der Waals surface area contributed by atoms with Crippen LogP contribution in [0.15, 0.2) is 47.7 Å². The second-order valence-electron chi connectivity index (χ2n) is 9.32. The number of fused-ring (bicyclic) bond motifs is 3. The van der Waals surface area contributed by atoms with E-state index in [2.05, 4.69) is 9.97 Å². The van der Waals surface area contributed by atoms with Crippen molar-refractivity contribution in [2.24, 2.45) is 4.99 Å². The Morgan fingerprint density at radius 1 is 1.29 bits per heavy atom. The van der Waals surface area contributed by atoms with Crippen LogP contribution in [0, 0.1) is 6.92 Å². The maximum absolute atomic E-state index is 13.8. The zero-order chi connectivity index (χ0) is 27.2. The lowest BCUT2D eigenvalue weighted by molar-refractivity contribution is -0.191. The second-order valence-corrected chi connectivity index (χ2v) is 9.72. The van der Waals surface area contributed by atoms with E-state index < -0.39 is 35.6 Å². The molecular formula is C26H24ClF3N4O4. The molecule has 2 aromatic heterocycles. The van der Waals surface area contributed by atoms with Gasteiger partial charge in [0.15, 0.2) is 11.9 Å². The van der Waals surface area contributed by atoms with Gasteiger partial charge in [-0.15, -0.1) is 0 Å². The van der Waals surface area contributed by atoms with Crippen LogP contribution in [0.5, 0.6) is 0 Å². The van der Waals surface area contributed by atoms with Crippen LogP contribution in [0.2, 0.25) is 5.02 Å². The fourth-order valence-corrected chi connectivity index (χ4v) is 4.91. The number of aliphatic hydroxyl groups is 1. The lowest BCUT2D eigenvalue weighted by Crippen LogP contribution is -2.34. The van der Waals surface area contributed by atoms with Crippen LogP contribution >= 0.6 is 11.6 Å². The van der Waals surface area contributed by atoms with Crippen LogP contribution in [-0.2, 0) is 20.4 Å². The molecule has 2 atom stereocenters. The third-order valence-corrected chi connectivity index (χ3v) is 6.98. The molecule has 2 aliphatic rings. The number of rotatable bonds is 7. The van der Waals surface area contributed by atoms with Crippen LogP contribution in [0.4, 0.5) is 13.2 Å². The maximum atomic E-state index is 13.8. The summed E-state index contributed by atoms with van der Waals surface area (Å²) in [5, 5.41) is 9.88. The van der Waals surface area contributed by atoms with E-state index in [1.165, 1.54) is 13.3 Å². The van der Waals surface area contributed by atoms with Gasteiger partial charge >= 0.3 is 12.1 Å². The lowest BCUT2D eigenvalue weighted by atomic mass is 10.0. The highest BCUT2D eigenvalue weighted by Crippen LogP contribution is 2.44. The molecule has 0 bridgehead atoms. The summed E-state index contributed by atoms with van der Waals surface area (Å²) >= 11 is 6.50. The summed E-state index contributed by atoms with van der Waals surface area (Å²) in [7, 11) is 1.33. The van der Waals surface area contributed by atoms with Crippen molar-refractivity contribution in [3.8, 4) is 5.69 Å². The molecule has 12 heteroatoms. The van der Waals surface area contributed by atoms with Gasteiger partial charge in [-0.3, -0.25) is 19.3 Å². The highest BCUT2D eigenvalue weighted by atomic mass is 35.5. The van der Waals surface area contributed by atoms with Crippen LogP contribution in [0.1, 0.15) is 60.1 Å². The van der Waals surface area contributed by atoms with Crippen LogP contribution in [0.3, 0.4) is 0 Å². The number of hydrogen-bond donors (Lipinski definition) is 1. The van der Waals surface area contributed by atoms with E-state index in [1.54, 1.807) is 35.9 Å². The summed E-state index contributed by atoms with van der Waals surface area (Å²) in [5.74, 6) is -0.196. The van der Waals surface area contributed by atoms with E-state index in [-0.39, 0.29) is 34.8 Å². The molecule has 1 fully saturated rings. The number of alkyl halides is 3. The van der Waals surface area contributed by atoms with E-state index in [0.717, 1.165) is 12.1 Å². The Morgan fingerprint density at radius 2 is 2.05 bits per heavy atom. The average molecular weight is 549 g/mol. The molecule has 0 radical (unpaired) electrons. The number of imidazole rings is 1. The number of pyridine rings is 1. The SMILES string of the molecule is COC(O)C1(OC(=O)CC[C@@H]2N=C(c3ccccn3)c3c(Cl)cc(C(F)(F)F)cc3-n3c(C)cnc32)CC1. The Morgan fingerprint density at radius 3 is 2.68 bits per heavy atom. The highest BCUT2D eigenvalue weighted by molar-refractivity contribution is 6.36. The van der Waals surface area contributed by atoms with Crippen molar-refractivity contribution in [2.45, 2.75) is 56.7 Å². The molecule has 3 aromatic rings. The van der Waals surface area contributed by atoms with Crippen LogP contribution < -0.4 is 0 Å². The third kappa shape index (κ3) is 4.81. The maximum Gasteiger partial charge on any atom is 0.416 e. The summed E-state index contributed by atoms with van der Waals surface area (Å²) in [4.78, 5) is 26.4. The number of ether oxygens (including phenoxy) is 2. The van der Waals surface area contributed by atoms with Gasteiger partial charge in [-0.25, -0.2) is 4.98 Å². The fraction of sp³-hybridized carbons (Fsp3) is 0.385. The monoisotopic (exact) mass is 548 g/mol. The van der Waals surface area contributed by atoms with Gasteiger partial charge in [0.1, 0.15) is 11.9 Å².